The zero-order valence-electron chi connectivity index (χ0n) is 14.2. The highest BCUT2D eigenvalue weighted by atomic mass is 19.1. The van der Waals surface area contributed by atoms with Gasteiger partial charge in [0.2, 0.25) is 0 Å². The first kappa shape index (κ1) is 15.3. The molecule has 26 heavy (non-hydrogen) atoms. The van der Waals surface area contributed by atoms with Crippen LogP contribution < -0.4 is 0 Å². The van der Waals surface area contributed by atoms with Crippen molar-refractivity contribution < 1.29 is 8.78 Å². The van der Waals surface area contributed by atoms with Crippen LogP contribution in [0.3, 0.4) is 0 Å². The highest BCUT2D eigenvalue weighted by Gasteiger charge is 2.26. The summed E-state index contributed by atoms with van der Waals surface area (Å²) >= 11 is 0. The van der Waals surface area contributed by atoms with Crippen LogP contribution in [0.15, 0.2) is 42.7 Å². The molecule has 0 radical (unpaired) electrons. The Balaban J connectivity index is 1.79. The first-order valence-corrected chi connectivity index (χ1v) is 8.61. The highest BCUT2D eigenvalue weighted by molar-refractivity contribution is 5.79. The second kappa shape index (κ2) is 5.49. The summed E-state index contributed by atoms with van der Waals surface area (Å²) in [5.74, 6) is -0.226. The van der Waals surface area contributed by atoms with Gasteiger partial charge < -0.3 is 8.97 Å². The quantitative estimate of drug-likeness (QED) is 0.537. The molecule has 4 nitrogen and oxygen atoms in total. The van der Waals surface area contributed by atoms with Crippen LogP contribution in [-0.2, 0) is 13.0 Å². The van der Waals surface area contributed by atoms with E-state index in [-0.39, 0.29) is 0 Å². The number of rotatable bonds is 2. The highest BCUT2D eigenvalue weighted by Crippen LogP contribution is 2.37. The molecule has 4 heterocycles. The second-order valence-electron chi connectivity index (χ2n) is 6.65. The van der Waals surface area contributed by atoms with Gasteiger partial charge in [0.05, 0.1) is 5.69 Å². The van der Waals surface area contributed by atoms with Gasteiger partial charge >= 0.3 is 0 Å². The van der Waals surface area contributed by atoms with Crippen LogP contribution in [0.1, 0.15) is 17.8 Å². The van der Waals surface area contributed by atoms with Crippen LogP contribution in [0.2, 0.25) is 0 Å². The summed E-state index contributed by atoms with van der Waals surface area (Å²) in [5.41, 5.74) is 3.61. The minimum atomic E-state index is -0.602. The van der Waals surface area contributed by atoms with Gasteiger partial charge in [-0.05, 0) is 37.1 Å². The molecule has 0 fully saturated rings. The maximum absolute atomic E-state index is 14.6. The standard InChI is InChI=1S/C20H16F2N4/c1-12-9-13(15(22)10-14(12)21)19-20(26-8-4-6-18(26)24-19)16-11-25-7-3-2-5-17(25)23-16/h2-3,5,7,9-11H,4,6,8H2,1H3. The van der Waals surface area contributed by atoms with E-state index in [1.807, 2.05) is 35.0 Å². The third-order valence-corrected chi connectivity index (χ3v) is 4.94. The average molecular weight is 350 g/mol. The maximum atomic E-state index is 14.6. The van der Waals surface area contributed by atoms with E-state index in [9.17, 15) is 8.78 Å². The number of halogens is 2. The molecule has 1 aromatic carbocycles. The van der Waals surface area contributed by atoms with Gasteiger partial charge in [-0.3, -0.25) is 0 Å². The fourth-order valence-electron chi connectivity index (χ4n) is 3.66. The second-order valence-corrected chi connectivity index (χ2v) is 6.65. The monoisotopic (exact) mass is 350 g/mol. The van der Waals surface area contributed by atoms with Crippen molar-refractivity contribution in [2.45, 2.75) is 26.3 Å². The van der Waals surface area contributed by atoms with Crippen LogP contribution in [0.4, 0.5) is 8.78 Å². The van der Waals surface area contributed by atoms with Gasteiger partial charge in [-0.25, -0.2) is 18.7 Å². The Kier molecular flexibility index (Phi) is 3.22. The van der Waals surface area contributed by atoms with Gasteiger partial charge in [-0.2, -0.15) is 0 Å². The molecule has 130 valence electrons. The Bertz CT molecular complexity index is 1120. The number of nitrogens with zero attached hydrogens (tertiary/aromatic N) is 4. The molecule has 3 aromatic heterocycles. The molecule has 0 saturated carbocycles. The normalized spacial score (nSPS) is 13.5. The molecule has 0 aliphatic carbocycles. The van der Waals surface area contributed by atoms with Crippen LogP contribution in [-0.4, -0.2) is 18.9 Å². The molecule has 0 saturated heterocycles. The lowest BCUT2D eigenvalue weighted by molar-refractivity contribution is 0.579. The van der Waals surface area contributed by atoms with Gasteiger partial charge in [-0.15, -0.1) is 0 Å². The molecule has 4 aromatic rings. The Morgan fingerprint density at radius 1 is 1.08 bits per heavy atom. The number of imidazole rings is 2. The SMILES string of the molecule is Cc1cc(-c2nc3n(c2-c2cn4ccccc4n2)CCC3)c(F)cc1F. The fraction of sp³-hybridized carbons (Fsp3) is 0.200. The van der Waals surface area contributed by atoms with E-state index < -0.39 is 11.6 Å². The van der Waals surface area contributed by atoms with Crippen molar-refractivity contribution in [2.75, 3.05) is 0 Å². The van der Waals surface area contributed by atoms with E-state index >= 15 is 0 Å². The third kappa shape index (κ3) is 2.18. The lowest BCUT2D eigenvalue weighted by Crippen LogP contribution is -1.98. The summed E-state index contributed by atoms with van der Waals surface area (Å²) in [6.07, 6.45) is 5.71. The van der Waals surface area contributed by atoms with Crippen molar-refractivity contribution in [1.29, 1.82) is 0 Å². The van der Waals surface area contributed by atoms with E-state index in [1.165, 1.54) is 6.07 Å². The number of fused-ring (bicyclic) bond motifs is 2. The van der Waals surface area contributed by atoms with E-state index in [0.29, 0.717) is 16.8 Å². The lowest BCUT2D eigenvalue weighted by atomic mass is 10.0. The van der Waals surface area contributed by atoms with Crippen molar-refractivity contribution in [3.8, 4) is 22.6 Å². The van der Waals surface area contributed by atoms with Crippen molar-refractivity contribution in [2.24, 2.45) is 0 Å². The smallest absolute Gasteiger partial charge is 0.137 e. The Labute approximate surface area is 148 Å². The molecule has 0 amide bonds. The molecule has 0 spiro atoms. The average Bonchev–Trinajstić information content (AvgIpc) is 3.30. The topological polar surface area (TPSA) is 35.1 Å². The zero-order chi connectivity index (χ0) is 17.8. The number of hydrogen-bond acceptors (Lipinski definition) is 2. The minimum Gasteiger partial charge on any atom is -0.326 e. The number of aryl methyl sites for hydroxylation is 2. The van der Waals surface area contributed by atoms with Crippen molar-refractivity contribution in [3.63, 3.8) is 0 Å². The lowest BCUT2D eigenvalue weighted by Gasteiger charge is -2.08. The number of hydrogen-bond donors (Lipinski definition) is 0. The summed E-state index contributed by atoms with van der Waals surface area (Å²) in [7, 11) is 0. The zero-order valence-corrected chi connectivity index (χ0v) is 14.2. The first-order valence-electron chi connectivity index (χ1n) is 8.61. The first-order chi connectivity index (χ1) is 12.6. The third-order valence-electron chi connectivity index (χ3n) is 4.94. The van der Waals surface area contributed by atoms with E-state index in [0.717, 1.165) is 48.3 Å². The minimum absolute atomic E-state index is 0.317. The van der Waals surface area contributed by atoms with Crippen LogP contribution in [0.25, 0.3) is 28.3 Å². The summed E-state index contributed by atoms with van der Waals surface area (Å²) in [5, 5.41) is 0. The molecule has 1 aliphatic heterocycles. The van der Waals surface area contributed by atoms with Gasteiger partial charge in [-0.1, -0.05) is 6.07 Å². The van der Waals surface area contributed by atoms with Gasteiger partial charge in [0.25, 0.3) is 0 Å². The van der Waals surface area contributed by atoms with Crippen molar-refractivity contribution in [1.82, 2.24) is 18.9 Å². The Morgan fingerprint density at radius 2 is 1.96 bits per heavy atom. The molecule has 0 unspecified atom stereocenters. The fourth-order valence-corrected chi connectivity index (χ4v) is 3.66. The summed E-state index contributed by atoms with van der Waals surface area (Å²) in [6, 6.07) is 8.25. The predicted molar refractivity (Wildman–Crippen MR) is 94.8 cm³/mol. The van der Waals surface area contributed by atoms with Crippen molar-refractivity contribution in [3.05, 3.63) is 65.7 Å². The van der Waals surface area contributed by atoms with Gasteiger partial charge in [0.15, 0.2) is 0 Å². The molecule has 6 heteroatoms. The molecular weight excluding hydrogens is 334 g/mol. The van der Waals surface area contributed by atoms with Crippen LogP contribution >= 0.6 is 0 Å². The Hall–Kier alpha value is -3.02. The maximum Gasteiger partial charge on any atom is 0.137 e. The number of aromatic nitrogens is 4. The molecule has 0 atom stereocenters. The summed E-state index contributed by atoms with van der Waals surface area (Å²) in [6.45, 7) is 2.46. The largest absolute Gasteiger partial charge is 0.326 e. The molecule has 5 rings (SSSR count). The van der Waals surface area contributed by atoms with E-state index in [4.69, 9.17) is 9.97 Å². The molecular formula is C20H16F2N4. The molecule has 1 aliphatic rings. The Morgan fingerprint density at radius 3 is 2.81 bits per heavy atom. The summed E-state index contributed by atoms with van der Waals surface area (Å²) in [4.78, 5) is 9.38. The summed E-state index contributed by atoms with van der Waals surface area (Å²) < 4.78 is 32.3. The molecule has 0 bridgehead atoms. The predicted octanol–water partition coefficient (Wildman–Crippen LogP) is 4.40. The van der Waals surface area contributed by atoms with Crippen LogP contribution in [0, 0.1) is 18.6 Å². The van der Waals surface area contributed by atoms with Gasteiger partial charge in [0, 0.05) is 37.0 Å². The van der Waals surface area contributed by atoms with Crippen molar-refractivity contribution >= 4 is 5.65 Å². The number of pyridine rings is 1. The number of benzene rings is 1. The van der Waals surface area contributed by atoms with E-state index in [2.05, 4.69) is 4.57 Å². The van der Waals surface area contributed by atoms with E-state index in [1.54, 1.807) is 6.92 Å². The van der Waals surface area contributed by atoms with Gasteiger partial charge in [0.1, 0.15) is 34.5 Å². The van der Waals surface area contributed by atoms with Crippen LogP contribution in [0.5, 0.6) is 0 Å². The molecule has 0 N–H and O–H groups in total.